The molecule has 1 fully saturated rings. The third-order valence-corrected chi connectivity index (χ3v) is 6.69. The van der Waals surface area contributed by atoms with Crippen LogP contribution in [0.5, 0.6) is 0 Å². The molecule has 2 unspecified atom stereocenters. The lowest BCUT2D eigenvalue weighted by atomic mass is 9.72. The van der Waals surface area contributed by atoms with Gasteiger partial charge in [0.2, 0.25) is 5.91 Å². The first kappa shape index (κ1) is 19.7. The van der Waals surface area contributed by atoms with Gasteiger partial charge in [0, 0.05) is 25.6 Å². The van der Waals surface area contributed by atoms with Gasteiger partial charge in [0.05, 0.1) is 11.5 Å². The number of benzene rings is 2. The Balaban J connectivity index is 1.47. The van der Waals surface area contributed by atoms with E-state index in [4.69, 9.17) is 4.74 Å². The molecule has 0 spiro atoms. The number of hydrogen-bond donors (Lipinski definition) is 1. The molecule has 5 nitrogen and oxygen atoms in total. The summed E-state index contributed by atoms with van der Waals surface area (Å²) in [4.78, 5) is 37.0. The van der Waals surface area contributed by atoms with Gasteiger partial charge < -0.3 is 10.1 Å². The van der Waals surface area contributed by atoms with Crippen molar-refractivity contribution in [3.63, 3.8) is 0 Å². The van der Waals surface area contributed by atoms with E-state index in [0.717, 1.165) is 27.7 Å². The fourth-order valence-electron chi connectivity index (χ4n) is 4.13. The highest BCUT2D eigenvalue weighted by molar-refractivity contribution is 8.03. The standard InChI is InChI=1S/C23H23NO4S/c1-14(25)24-9-10-29-20-12-17-11-19(26)21(17)22(20)23(27)28-13-16-7-4-6-15-5-2-3-8-18(15)16/h2-8,17,21H,9-13H2,1H3,(H,24,25). The smallest absolute Gasteiger partial charge is 0.335 e. The molecule has 29 heavy (non-hydrogen) atoms. The number of hydrogen-bond acceptors (Lipinski definition) is 5. The van der Waals surface area contributed by atoms with Gasteiger partial charge in [-0.3, -0.25) is 9.59 Å². The van der Waals surface area contributed by atoms with Gasteiger partial charge in [-0.25, -0.2) is 4.79 Å². The number of allylic oxidation sites excluding steroid dienone is 1. The van der Waals surface area contributed by atoms with Gasteiger partial charge in [0.1, 0.15) is 12.4 Å². The average molecular weight is 410 g/mol. The minimum Gasteiger partial charge on any atom is -0.457 e. The molecule has 6 heteroatoms. The molecule has 0 aliphatic heterocycles. The summed E-state index contributed by atoms with van der Waals surface area (Å²) in [6, 6.07) is 13.9. The van der Waals surface area contributed by atoms with E-state index >= 15 is 0 Å². The van der Waals surface area contributed by atoms with Crippen molar-refractivity contribution in [3.8, 4) is 0 Å². The highest BCUT2D eigenvalue weighted by Crippen LogP contribution is 2.51. The summed E-state index contributed by atoms with van der Waals surface area (Å²) in [5.41, 5.74) is 1.49. The number of ketones is 1. The van der Waals surface area contributed by atoms with E-state index in [1.807, 2.05) is 42.5 Å². The summed E-state index contributed by atoms with van der Waals surface area (Å²) in [5.74, 6) is 0.257. The molecule has 2 atom stereocenters. The Morgan fingerprint density at radius 3 is 2.72 bits per heavy atom. The number of rotatable bonds is 7. The molecule has 1 N–H and O–H groups in total. The van der Waals surface area contributed by atoms with Crippen molar-refractivity contribution >= 4 is 40.2 Å². The predicted molar refractivity (Wildman–Crippen MR) is 113 cm³/mol. The monoisotopic (exact) mass is 409 g/mol. The number of amides is 1. The highest BCUT2D eigenvalue weighted by atomic mass is 32.2. The van der Waals surface area contributed by atoms with E-state index in [1.54, 1.807) is 11.8 Å². The maximum atomic E-state index is 12.9. The quantitative estimate of drug-likeness (QED) is 0.559. The number of carbonyl (C=O) groups is 3. The lowest BCUT2D eigenvalue weighted by Gasteiger charge is -2.29. The third-order valence-electron chi connectivity index (χ3n) is 5.55. The first-order chi connectivity index (χ1) is 14.0. The molecule has 2 aliphatic carbocycles. The van der Waals surface area contributed by atoms with Crippen LogP contribution in [-0.2, 0) is 25.7 Å². The van der Waals surface area contributed by atoms with Crippen LogP contribution in [0.15, 0.2) is 52.9 Å². The van der Waals surface area contributed by atoms with E-state index in [9.17, 15) is 14.4 Å². The highest BCUT2D eigenvalue weighted by Gasteiger charge is 2.50. The predicted octanol–water partition coefficient (Wildman–Crippen LogP) is 3.62. The van der Waals surface area contributed by atoms with Crippen LogP contribution in [0.25, 0.3) is 10.8 Å². The molecule has 2 aromatic carbocycles. The van der Waals surface area contributed by atoms with Crippen molar-refractivity contribution in [3.05, 3.63) is 58.5 Å². The molecule has 2 aliphatic rings. The third kappa shape index (κ3) is 4.08. The summed E-state index contributed by atoms with van der Waals surface area (Å²) in [5, 5.41) is 4.92. The molecule has 0 bridgehead atoms. The zero-order valence-corrected chi connectivity index (χ0v) is 17.1. The molecule has 0 heterocycles. The summed E-state index contributed by atoms with van der Waals surface area (Å²) >= 11 is 1.55. The molecule has 0 radical (unpaired) electrons. The topological polar surface area (TPSA) is 72.5 Å². The Hall–Kier alpha value is -2.60. The van der Waals surface area contributed by atoms with Gasteiger partial charge in [-0.05, 0) is 33.6 Å². The molecule has 150 valence electrons. The van der Waals surface area contributed by atoms with E-state index in [2.05, 4.69) is 5.32 Å². The van der Waals surface area contributed by atoms with E-state index < -0.39 is 0 Å². The molecule has 0 aromatic heterocycles. The number of fused-ring (bicyclic) bond motifs is 2. The van der Waals surface area contributed by atoms with Crippen molar-refractivity contribution in [2.75, 3.05) is 12.3 Å². The van der Waals surface area contributed by atoms with E-state index in [-0.39, 0.29) is 36.1 Å². The zero-order chi connectivity index (χ0) is 20.4. The number of Topliss-reactive ketones (excluding diaryl/α,β-unsaturated/α-hetero) is 1. The maximum Gasteiger partial charge on any atom is 0.335 e. The molecule has 2 aromatic rings. The van der Waals surface area contributed by atoms with Crippen LogP contribution >= 0.6 is 11.8 Å². The number of nitrogens with one attached hydrogen (secondary N) is 1. The fourth-order valence-corrected chi connectivity index (χ4v) is 5.28. The first-order valence-electron chi connectivity index (χ1n) is 9.81. The van der Waals surface area contributed by atoms with Crippen LogP contribution < -0.4 is 5.32 Å². The van der Waals surface area contributed by atoms with Crippen LogP contribution in [0.4, 0.5) is 0 Å². The minimum atomic E-state index is -0.388. The van der Waals surface area contributed by atoms with Crippen molar-refractivity contribution in [2.45, 2.75) is 26.4 Å². The van der Waals surface area contributed by atoms with Gasteiger partial charge in [0.25, 0.3) is 0 Å². The Bertz CT molecular complexity index is 1010. The SMILES string of the molecule is CC(=O)NCCSC1=C(C(=O)OCc2cccc3ccccc23)C2C(=O)CC2C1. The van der Waals surface area contributed by atoms with Crippen LogP contribution in [0.3, 0.4) is 0 Å². The minimum absolute atomic E-state index is 0.0732. The molecular formula is C23H23NO4S. The number of ether oxygens (including phenoxy) is 1. The first-order valence-corrected chi connectivity index (χ1v) is 10.8. The van der Waals surface area contributed by atoms with Crippen LogP contribution in [0.2, 0.25) is 0 Å². The summed E-state index contributed by atoms with van der Waals surface area (Å²) < 4.78 is 5.66. The fraction of sp³-hybridized carbons (Fsp3) is 0.348. The maximum absolute atomic E-state index is 12.9. The van der Waals surface area contributed by atoms with E-state index in [0.29, 0.717) is 24.3 Å². The van der Waals surface area contributed by atoms with Crippen molar-refractivity contribution in [1.29, 1.82) is 0 Å². The van der Waals surface area contributed by atoms with Crippen LogP contribution in [0, 0.1) is 11.8 Å². The Morgan fingerprint density at radius 2 is 1.93 bits per heavy atom. The number of esters is 1. The summed E-state index contributed by atoms with van der Waals surface area (Å²) in [7, 11) is 0. The zero-order valence-electron chi connectivity index (χ0n) is 16.3. The molecular weight excluding hydrogens is 386 g/mol. The number of carbonyl (C=O) groups excluding carboxylic acids is 3. The van der Waals surface area contributed by atoms with E-state index in [1.165, 1.54) is 6.92 Å². The van der Waals surface area contributed by atoms with Crippen molar-refractivity contribution < 1.29 is 19.1 Å². The Morgan fingerprint density at radius 1 is 1.14 bits per heavy atom. The van der Waals surface area contributed by atoms with Gasteiger partial charge >= 0.3 is 5.97 Å². The molecule has 0 saturated heterocycles. The van der Waals surface area contributed by atoms with Gasteiger partial charge in [-0.1, -0.05) is 42.5 Å². The molecule has 1 amide bonds. The molecule has 1 saturated carbocycles. The Labute approximate surface area is 173 Å². The van der Waals surface area contributed by atoms with Crippen LogP contribution in [0.1, 0.15) is 25.3 Å². The summed E-state index contributed by atoms with van der Waals surface area (Å²) in [6.07, 6.45) is 1.29. The van der Waals surface area contributed by atoms with Gasteiger partial charge in [0.15, 0.2) is 0 Å². The Kier molecular flexibility index (Phi) is 5.72. The number of thioether (sulfide) groups is 1. The lowest BCUT2D eigenvalue weighted by Crippen LogP contribution is -2.37. The average Bonchev–Trinajstić information content (AvgIpc) is 3.01. The van der Waals surface area contributed by atoms with Crippen molar-refractivity contribution in [2.24, 2.45) is 11.8 Å². The second-order valence-electron chi connectivity index (χ2n) is 7.49. The summed E-state index contributed by atoms with van der Waals surface area (Å²) in [6.45, 7) is 2.19. The second kappa shape index (κ2) is 8.41. The van der Waals surface area contributed by atoms with Gasteiger partial charge in [-0.2, -0.15) is 0 Å². The normalized spacial score (nSPS) is 20.4. The van der Waals surface area contributed by atoms with Crippen LogP contribution in [-0.4, -0.2) is 30.0 Å². The largest absolute Gasteiger partial charge is 0.457 e. The second-order valence-corrected chi connectivity index (χ2v) is 8.68. The van der Waals surface area contributed by atoms with Gasteiger partial charge in [-0.15, -0.1) is 11.8 Å². The molecule has 4 rings (SSSR count). The van der Waals surface area contributed by atoms with Crippen molar-refractivity contribution in [1.82, 2.24) is 5.32 Å². The lowest BCUT2D eigenvalue weighted by molar-refractivity contribution is -0.144.